The molecule has 1 rings (SSSR count). The topological polar surface area (TPSA) is 27.7 Å². The van der Waals surface area contributed by atoms with Crippen LogP contribution in [0, 0.1) is 0 Å². The average molecular weight is 273 g/mol. The Labute approximate surface area is 97.8 Å². The van der Waals surface area contributed by atoms with Crippen molar-refractivity contribution in [2.45, 2.75) is 0 Å². The lowest BCUT2D eigenvalue weighted by molar-refractivity contribution is 0.341. The Morgan fingerprint density at radius 1 is 1.07 bits per heavy atom. The summed E-state index contributed by atoms with van der Waals surface area (Å²) in [4.78, 5) is 0. The zero-order chi connectivity index (χ0) is 11.3. The second-order valence-corrected chi connectivity index (χ2v) is 3.62. The highest BCUT2D eigenvalue weighted by Gasteiger charge is 2.07. The maximum atomic E-state index is 5.23. The summed E-state index contributed by atoms with van der Waals surface area (Å²) in [5, 5.41) is 0. The van der Waals surface area contributed by atoms with E-state index in [9.17, 15) is 0 Å². The van der Waals surface area contributed by atoms with E-state index in [1.807, 2.05) is 18.2 Å². The molecule has 0 aliphatic heterocycles. The van der Waals surface area contributed by atoms with E-state index in [1.165, 1.54) is 0 Å². The number of hydrogen-bond donors (Lipinski definition) is 0. The summed E-state index contributed by atoms with van der Waals surface area (Å²) in [6, 6.07) is 3.73. The Balaban J connectivity index is 3.15. The molecule has 0 N–H and O–H groups in total. The van der Waals surface area contributed by atoms with E-state index < -0.39 is 0 Å². The first kappa shape index (κ1) is 11.9. The zero-order valence-corrected chi connectivity index (χ0v) is 10.5. The summed E-state index contributed by atoms with van der Waals surface area (Å²) >= 11 is 3.41. The van der Waals surface area contributed by atoms with Crippen LogP contribution in [-0.4, -0.2) is 21.3 Å². The highest BCUT2D eigenvalue weighted by molar-refractivity contribution is 9.10. The Morgan fingerprint density at radius 2 is 1.73 bits per heavy atom. The van der Waals surface area contributed by atoms with Gasteiger partial charge in [-0.05, 0) is 28.1 Å². The molecule has 0 heterocycles. The van der Waals surface area contributed by atoms with E-state index in [4.69, 9.17) is 14.2 Å². The quantitative estimate of drug-likeness (QED) is 0.789. The van der Waals surface area contributed by atoms with Gasteiger partial charge in [-0.1, -0.05) is 0 Å². The van der Waals surface area contributed by atoms with Gasteiger partial charge in [0.15, 0.2) is 0 Å². The van der Waals surface area contributed by atoms with Crippen molar-refractivity contribution in [3.8, 4) is 11.5 Å². The van der Waals surface area contributed by atoms with Gasteiger partial charge in [0.2, 0.25) is 0 Å². The lowest BCUT2D eigenvalue weighted by Gasteiger charge is -2.09. The molecule has 4 heteroatoms. The van der Waals surface area contributed by atoms with Gasteiger partial charge in [-0.2, -0.15) is 0 Å². The molecule has 0 fully saturated rings. The normalized spacial score (nSPS) is 10.4. The van der Waals surface area contributed by atoms with Crippen LogP contribution in [0.3, 0.4) is 0 Å². The first-order valence-corrected chi connectivity index (χ1v) is 5.13. The van der Waals surface area contributed by atoms with Crippen LogP contribution in [-0.2, 0) is 4.74 Å². The van der Waals surface area contributed by atoms with Gasteiger partial charge in [0.05, 0.1) is 32.1 Å². The SMILES string of the molecule is CO/C=C/c1cc(Br)c(OC)cc1OC. The molecule has 0 saturated heterocycles. The molecule has 0 saturated carbocycles. The van der Waals surface area contributed by atoms with Crippen molar-refractivity contribution in [3.63, 3.8) is 0 Å². The van der Waals surface area contributed by atoms with Crippen LogP contribution in [0.25, 0.3) is 6.08 Å². The van der Waals surface area contributed by atoms with Crippen molar-refractivity contribution in [2.75, 3.05) is 21.3 Å². The first-order valence-electron chi connectivity index (χ1n) is 4.33. The molecule has 1 aromatic carbocycles. The van der Waals surface area contributed by atoms with Gasteiger partial charge in [0, 0.05) is 11.6 Å². The molecule has 0 unspecified atom stereocenters. The van der Waals surface area contributed by atoms with E-state index >= 15 is 0 Å². The predicted molar refractivity (Wildman–Crippen MR) is 63.3 cm³/mol. The molecule has 0 atom stereocenters. The zero-order valence-electron chi connectivity index (χ0n) is 8.91. The minimum absolute atomic E-state index is 0.737. The summed E-state index contributed by atoms with van der Waals surface area (Å²) < 4.78 is 16.1. The fourth-order valence-electron chi connectivity index (χ4n) is 1.15. The first-order chi connectivity index (χ1) is 7.22. The Kier molecular flexibility index (Phi) is 4.49. The summed E-state index contributed by atoms with van der Waals surface area (Å²) in [5.74, 6) is 1.48. The average Bonchev–Trinajstić information content (AvgIpc) is 2.26. The van der Waals surface area contributed by atoms with Crippen LogP contribution in [0.4, 0.5) is 0 Å². The van der Waals surface area contributed by atoms with Gasteiger partial charge < -0.3 is 14.2 Å². The molecule has 0 bridgehead atoms. The third-order valence-corrected chi connectivity index (χ3v) is 2.51. The molecular formula is C11H13BrO3. The highest BCUT2D eigenvalue weighted by atomic mass is 79.9. The molecule has 0 amide bonds. The number of rotatable bonds is 4. The lowest BCUT2D eigenvalue weighted by Crippen LogP contribution is -1.91. The van der Waals surface area contributed by atoms with Crippen molar-refractivity contribution in [1.29, 1.82) is 0 Å². The Bertz CT molecular complexity index is 361. The predicted octanol–water partition coefficient (Wildman–Crippen LogP) is 3.08. The van der Waals surface area contributed by atoms with Crippen molar-refractivity contribution in [1.82, 2.24) is 0 Å². The number of halogens is 1. The molecule has 0 aliphatic carbocycles. The Hall–Kier alpha value is -1.16. The second-order valence-electron chi connectivity index (χ2n) is 2.77. The molecular weight excluding hydrogens is 260 g/mol. The smallest absolute Gasteiger partial charge is 0.136 e. The molecule has 3 nitrogen and oxygen atoms in total. The molecule has 0 aliphatic rings. The summed E-state index contributed by atoms with van der Waals surface area (Å²) in [5.41, 5.74) is 0.923. The highest BCUT2D eigenvalue weighted by Crippen LogP contribution is 2.33. The van der Waals surface area contributed by atoms with Crippen LogP contribution >= 0.6 is 15.9 Å². The van der Waals surface area contributed by atoms with Crippen molar-refractivity contribution in [2.24, 2.45) is 0 Å². The number of hydrogen-bond acceptors (Lipinski definition) is 3. The van der Waals surface area contributed by atoms with Crippen molar-refractivity contribution >= 4 is 22.0 Å². The second kappa shape index (κ2) is 5.66. The van der Waals surface area contributed by atoms with E-state index in [-0.39, 0.29) is 0 Å². The molecule has 0 spiro atoms. The maximum absolute atomic E-state index is 5.23. The fourth-order valence-corrected chi connectivity index (χ4v) is 1.68. The minimum atomic E-state index is 0.737. The van der Waals surface area contributed by atoms with Crippen LogP contribution in [0.1, 0.15) is 5.56 Å². The van der Waals surface area contributed by atoms with Gasteiger partial charge >= 0.3 is 0 Å². The van der Waals surface area contributed by atoms with Gasteiger partial charge in [-0.25, -0.2) is 0 Å². The number of benzene rings is 1. The fraction of sp³-hybridized carbons (Fsp3) is 0.273. The number of methoxy groups -OCH3 is 3. The minimum Gasteiger partial charge on any atom is -0.504 e. The van der Waals surface area contributed by atoms with E-state index in [0.717, 1.165) is 21.5 Å². The van der Waals surface area contributed by atoms with Crippen LogP contribution in [0.5, 0.6) is 11.5 Å². The number of ether oxygens (including phenoxy) is 3. The molecule has 0 aromatic heterocycles. The third-order valence-electron chi connectivity index (χ3n) is 1.89. The van der Waals surface area contributed by atoms with E-state index in [2.05, 4.69) is 15.9 Å². The van der Waals surface area contributed by atoms with E-state index in [1.54, 1.807) is 27.6 Å². The van der Waals surface area contributed by atoms with Crippen LogP contribution in [0.15, 0.2) is 22.9 Å². The third kappa shape index (κ3) is 2.89. The molecule has 1 aromatic rings. The van der Waals surface area contributed by atoms with Crippen LogP contribution in [0.2, 0.25) is 0 Å². The standard InChI is InChI=1S/C11H13BrO3/c1-13-5-4-8-6-9(12)11(15-3)7-10(8)14-2/h4-7H,1-3H3/b5-4+. The van der Waals surface area contributed by atoms with Gasteiger partial charge in [0.1, 0.15) is 11.5 Å². The molecule has 0 radical (unpaired) electrons. The summed E-state index contributed by atoms with van der Waals surface area (Å²) in [7, 11) is 4.83. The van der Waals surface area contributed by atoms with Crippen molar-refractivity contribution in [3.05, 3.63) is 28.4 Å². The van der Waals surface area contributed by atoms with Gasteiger partial charge in [0.25, 0.3) is 0 Å². The molecule has 82 valence electrons. The van der Waals surface area contributed by atoms with E-state index in [0.29, 0.717) is 0 Å². The maximum Gasteiger partial charge on any atom is 0.136 e. The monoisotopic (exact) mass is 272 g/mol. The largest absolute Gasteiger partial charge is 0.504 e. The Morgan fingerprint density at radius 3 is 2.27 bits per heavy atom. The van der Waals surface area contributed by atoms with Crippen LogP contribution < -0.4 is 9.47 Å². The lowest BCUT2D eigenvalue weighted by atomic mass is 10.2. The van der Waals surface area contributed by atoms with Gasteiger partial charge in [-0.15, -0.1) is 0 Å². The van der Waals surface area contributed by atoms with Gasteiger partial charge in [-0.3, -0.25) is 0 Å². The summed E-state index contributed by atoms with van der Waals surface area (Å²) in [6.07, 6.45) is 3.42. The molecule has 15 heavy (non-hydrogen) atoms. The summed E-state index contributed by atoms with van der Waals surface area (Å²) in [6.45, 7) is 0. The van der Waals surface area contributed by atoms with Crippen molar-refractivity contribution < 1.29 is 14.2 Å².